The van der Waals surface area contributed by atoms with E-state index in [1.165, 1.54) is 47.3 Å². The maximum atomic E-state index is 13.5. The molecule has 30 heavy (non-hydrogen) atoms. The second-order valence-electron chi connectivity index (χ2n) is 6.68. The fourth-order valence-corrected chi connectivity index (χ4v) is 3.39. The van der Waals surface area contributed by atoms with E-state index >= 15 is 0 Å². The third kappa shape index (κ3) is 2.97. The molecule has 5 aromatic rings. The van der Waals surface area contributed by atoms with Crippen molar-refractivity contribution in [3.63, 3.8) is 0 Å². The van der Waals surface area contributed by atoms with Gasteiger partial charge in [-0.1, -0.05) is 12.1 Å². The Bertz CT molecular complexity index is 1370. The molecule has 0 atom stereocenters. The summed E-state index contributed by atoms with van der Waals surface area (Å²) in [5.41, 5.74) is 2.48. The monoisotopic (exact) mass is 400 g/mol. The second kappa shape index (κ2) is 7.04. The lowest BCUT2D eigenvalue weighted by Crippen LogP contribution is -2.18. The van der Waals surface area contributed by atoms with Gasteiger partial charge in [-0.25, -0.2) is 13.8 Å². The standard InChI is InChI=1S/C23H14F2N4O/c24-17-9-5-15(6-10-17)22-27-19-3-1-2-4-20(19)28(22)21-13-14-26-29(21)23(30)16-7-11-18(25)12-8-16/h1-14H. The average molecular weight is 400 g/mol. The first kappa shape index (κ1) is 17.9. The van der Waals surface area contributed by atoms with Gasteiger partial charge in [0.05, 0.1) is 17.2 Å². The van der Waals surface area contributed by atoms with Gasteiger partial charge in [0.1, 0.15) is 23.3 Å². The summed E-state index contributed by atoms with van der Waals surface area (Å²) >= 11 is 0. The van der Waals surface area contributed by atoms with E-state index in [2.05, 4.69) is 5.10 Å². The molecule has 5 nitrogen and oxygen atoms in total. The molecular weight excluding hydrogens is 386 g/mol. The van der Waals surface area contributed by atoms with Crippen LogP contribution in [-0.2, 0) is 0 Å². The largest absolute Gasteiger partial charge is 0.280 e. The Labute approximate surface area is 169 Å². The van der Waals surface area contributed by atoms with Gasteiger partial charge in [-0.3, -0.25) is 9.36 Å². The molecule has 0 bridgehead atoms. The van der Waals surface area contributed by atoms with Crippen molar-refractivity contribution < 1.29 is 13.6 Å². The Morgan fingerprint density at radius 2 is 1.47 bits per heavy atom. The van der Waals surface area contributed by atoms with E-state index in [1.807, 2.05) is 24.3 Å². The van der Waals surface area contributed by atoms with Crippen LogP contribution in [0, 0.1) is 11.6 Å². The molecule has 0 saturated heterocycles. The lowest BCUT2D eigenvalue weighted by Gasteiger charge is -2.11. The molecule has 0 amide bonds. The van der Waals surface area contributed by atoms with Crippen molar-refractivity contribution in [2.24, 2.45) is 0 Å². The van der Waals surface area contributed by atoms with Crippen molar-refractivity contribution >= 4 is 16.9 Å². The van der Waals surface area contributed by atoms with E-state index in [0.29, 0.717) is 22.8 Å². The van der Waals surface area contributed by atoms with Gasteiger partial charge in [-0.2, -0.15) is 9.78 Å². The summed E-state index contributed by atoms with van der Waals surface area (Å²) in [6, 6.07) is 20.5. The molecule has 0 spiro atoms. The number of carbonyl (C=O) groups is 1. The molecule has 3 aromatic carbocycles. The van der Waals surface area contributed by atoms with Gasteiger partial charge in [-0.05, 0) is 60.7 Å². The summed E-state index contributed by atoms with van der Waals surface area (Å²) in [5, 5.41) is 4.19. The third-order valence-electron chi connectivity index (χ3n) is 4.80. The zero-order valence-electron chi connectivity index (χ0n) is 15.5. The lowest BCUT2D eigenvalue weighted by molar-refractivity contribution is 0.0945. The maximum Gasteiger partial charge on any atom is 0.280 e. The summed E-state index contributed by atoms with van der Waals surface area (Å²) in [4.78, 5) is 17.7. The Morgan fingerprint density at radius 3 is 2.20 bits per heavy atom. The SMILES string of the molecule is O=C(c1ccc(F)cc1)n1nccc1-n1c(-c2ccc(F)cc2)nc2ccccc21. The lowest BCUT2D eigenvalue weighted by atomic mass is 10.2. The molecular formula is C23H14F2N4O. The Balaban J connectivity index is 1.72. The van der Waals surface area contributed by atoms with Crippen molar-refractivity contribution in [3.8, 4) is 17.2 Å². The Kier molecular flexibility index (Phi) is 4.21. The molecule has 0 aliphatic heterocycles. The zero-order chi connectivity index (χ0) is 20.7. The van der Waals surface area contributed by atoms with Crippen molar-refractivity contribution in [2.75, 3.05) is 0 Å². The van der Waals surface area contributed by atoms with Crippen molar-refractivity contribution in [1.29, 1.82) is 0 Å². The topological polar surface area (TPSA) is 52.7 Å². The van der Waals surface area contributed by atoms with Gasteiger partial charge in [0.25, 0.3) is 5.91 Å². The number of imidazole rings is 1. The molecule has 0 N–H and O–H groups in total. The number of hydrogen-bond acceptors (Lipinski definition) is 3. The van der Waals surface area contributed by atoms with Crippen LogP contribution in [0.25, 0.3) is 28.2 Å². The average Bonchev–Trinajstić information content (AvgIpc) is 3.38. The quantitative estimate of drug-likeness (QED) is 0.435. The van der Waals surface area contributed by atoms with E-state index in [-0.39, 0.29) is 5.82 Å². The minimum absolute atomic E-state index is 0.300. The number of hydrogen-bond donors (Lipinski definition) is 0. The first-order chi connectivity index (χ1) is 14.6. The van der Waals surface area contributed by atoms with E-state index in [4.69, 9.17) is 4.98 Å². The van der Waals surface area contributed by atoms with E-state index in [9.17, 15) is 13.6 Å². The third-order valence-corrected chi connectivity index (χ3v) is 4.80. The highest BCUT2D eigenvalue weighted by atomic mass is 19.1. The molecule has 2 aromatic heterocycles. The molecule has 0 aliphatic rings. The number of benzene rings is 3. The smallest absolute Gasteiger partial charge is 0.276 e. The van der Waals surface area contributed by atoms with Gasteiger partial charge < -0.3 is 0 Å². The fourth-order valence-electron chi connectivity index (χ4n) is 3.39. The zero-order valence-corrected chi connectivity index (χ0v) is 15.5. The first-order valence-corrected chi connectivity index (χ1v) is 9.20. The summed E-state index contributed by atoms with van der Waals surface area (Å²) < 4.78 is 29.8. The summed E-state index contributed by atoms with van der Waals surface area (Å²) in [6.07, 6.45) is 1.51. The van der Waals surface area contributed by atoms with E-state index in [0.717, 1.165) is 11.0 Å². The molecule has 7 heteroatoms. The van der Waals surface area contributed by atoms with Gasteiger partial charge in [0, 0.05) is 17.2 Å². The van der Waals surface area contributed by atoms with Crippen LogP contribution in [0.2, 0.25) is 0 Å². The first-order valence-electron chi connectivity index (χ1n) is 9.20. The molecule has 0 aliphatic carbocycles. The number of fused-ring (bicyclic) bond motifs is 1. The van der Waals surface area contributed by atoms with Crippen LogP contribution in [-0.4, -0.2) is 25.2 Å². The highest BCUT2D eigenvalue weighted by Crippen LogP contribution is 2.29. The number of aromatic nitrogens is 4. The van der Waals surface area contributed by atoms with Crippen molar-refractivity contribution in [2.45, 2.75) is 0 Å². The number of nitrogens with zero attached hydrogens (tertiary/aromatic N) is 4. The highest BCUT2D eigenvalue weighted by Gasteiger charge is 2.20. The Morgan fingerprint density at radius 1 is 0.800 bits per heavy atom. The molecule has 0 fully saturated rings. The van der Waals surface area contributed by atoms with Crippen LogP contribution in [0.3, 0.4) is 0 Å². The summed E-state index contributed by atoms with van der Waals surface area (Å²) in [6.45, 7) is 0. The minimum atomic E-state index is -0.425. The van der Waals surface area contributed by atoms with Gasteiger partial charge >= 0.3 is 0 Å². The van der Waals surface area contributed by atoms with Gasteiger partial charge in [-0.15, -0.1) is 0 Å². The molecule has 2 heterocycles. The molecule has 5 rings (SSSR count). The summed E-state index contributed by atoms with van der Waals surface area (Å²) in [5.74, 6) is -0.163. The molecule has 0 saturated carbocycles. The number of para-hydroxylation sites is 2. The number of halogens is 2. The van der Waals surface area contributed by atoms with Crippen LogP contribution in [0.4, 0.5) is 8.78 Å². The highest BCUT2D eigenvalue weighted by molar-refractivity contribution is 5.97. The second-order valence-corrected chi connectivity index (χ2v) is 6.68. The maximum absolute atomic E-state index is 13.5. The van der Waals surface area contributed by atoms with Gasteiger partial charge in [0.2, 0.25) is 0 Å². The molecule has 0 radical (unpaired) electrons. The minimum Gasteiger partial charge on any atom is -0.276 e. The van der Waals surface area contributed by atoms with E-state index in [1.54, 1.807) is 22.8 Å². The van der Waals surface area contributed by atoms with E-state index < -0.39 is 11.7 Å². The van der Waals surface area contributed by atoms with Crippen molar-refractivity contribution in [1.82, 2.24) is 19.3 Å². The number of rotatable bonds is 3. The predicted octanol–water partition coefficient (Wildman–Crippen LogP) is 4.86. The molecule has 0 unspecified atom stereocenters. The van der Waals surface area contributed by atoms with Crippen LogP contribution in [0.5, 0.6) is 0 Å². The van der Waals surface area contributed by atoms with Gasteiger partial charge in [0.15, 0.2) is 0 Å². The van der Waals surface area contributed by atoms with Crippen LogP contribution < -0.4 is 0 Å². The normalized spacial score (nSPS) is 11.1. The Hall–Kier alpha value is -4.13. The summed E-state index contributed by atoms with van der Waals surface area (Å²) in [7, 11) is 0. The molecule has 146 valence electrons. The van der Waals surface area contributed by atoms with Crippen LogP contribution >= 0.6 is 0 Å². The van der Waals surface area contributed by atoms with Crippen molar-refractivity contribution in [3.05, 3.63) is 102 Å². The predicted molar refractivity (Wildman–Crippen MR) is 108 cm³/mol. The van der Waals surface area contributed by atoms with Crippen LogP contribution in [0.15, 0.2) is 85.1 Å². The number of carbonyl (C=O) groups excluding carboxylic acids is 1. The fraction of sp³-hybridized carbons (Fsp3) is 0. The van der Waals surface area contributed by atoms with Crippen LogP contribution in [0.1, 0.15) is 10.4 Å².